The summed E-state index contributed by atoms with van der Waals surface area (Å²) in [6, 6.07) is 1.07. The lowest BCUT2D eigenvalue weighted by Gasteiger charge is -2.10. The molecule has 0 radical (unpaired) electrons. The van der Waals surface area contributed by atoms with E-state index in [2.05, 4.69) is 38.0 Å². The molecule has 4 rings (SSSR count). The molecule has 10 heteroatoms. The van der Waals surface area contributed by atoms with E-state index in [1.807, 2.05) is 9.36 Å². The predicted molar refractivity (Wildman–Crippen MR) is 82.8 cm³/mol. The molecule has 2 aliphatic rings. The van der Waals surface area contributed by atoms with E-state index < -0.39 is 0 Å². The Bertz CT molecular complexity index is 578. The van der Waals surface area contributed by atoms with Gasteiger partial charge in [-0.3, -0.25) is 0 Å². The minimum absolute atomic E-state index is 0.533. The quantitative estimate of drug-likeness (QED) is 0.674. The Labute approximate surface area is 136 Å². The molecule has 22 heavy (non-hydrogen) atoms. The molecule has 0 unspecified atom stereocenters. The van der Waals surface area contributed by atoms with Crippen molar-refractivity contribution in [3.05, 3.63) is 0 Å². The Morgan fingerprint density at radius 1 is 0.909 bits per heavy atom. The van der Waals surface area contributed by atoms with Crippen molar-refractivity contribution < 1.29 is 0 Å². The summed E-state index contributed by atoms with van der Waals surface area (Å²) in [6.07, 6.45) is 4.81. The zero-order valence-corrected chi connectivity index (χ0v) is 14.0. The standard InChI is InChI=1S/C12H18N8S2/c1-8(6-21-11-13-15-17-19(11)9-2-3-9)7-22-12-14-16-18-20(12)10-4-5-10/h8-10H,2-7H2,1H3. The van der Waals surface area contributed by atoms with Crippen LogP contribution in [0.3, 0.4) is 0 Å². The molecule has 0 amide bonds. The molecular formula is C12H18N8S2. The van der Waals surface area contributed by atoms with Gasteiger partial charge in [-0.15, -0.1) is 10.2 Å². The summed E-state index contributed by atoms with van der Waals surface area (Å²) in [7, 11) is 0. The number of aromatic nitrogens is 8. The van der Waals surface area contributed by atoms with Crippen LogP contribution in [0.25, 0.3) is 0 Å². The highest BCUT2D eigenvalue weighted by Gasteiger charge is 2.29. The SMILES string of the molecule is CC(CSc1nnnn1C1CC1)CSc1nnnn1C1CC1. The van der Waals surface area contributed by atoms with Gasteiger partial charge in [-0.05, 0) is 52.5 Å². The van der Waals surface area contributed by atoms with E-state index in [-0.39, 0.29) is 0 Å². The van der Waals surface area contributed by atoms with E-state index in [0.29, 0.717) is 18.0 Å². The Kier molecular flexibility index (Phi) is 4.03. The zero-order chi connectivity index (χ0) is 14.9. The van der Waals surface area contributed by atoms with Crippen molar-refractivity contribution in [1.82, 2.24) is 40.4 Å². The third-order valence-electron chi connectivity index (χ3n) is 3.70. The van der Waals surface area contributed by atoms with Crippen molar-refractivity contribution in [2.24, 2.45) is 5.92 Å². The van der Waals surface area contributed by atoms with Crippen LogP contribution in [0.1, 0.15) is 44.7 Å². The highest BCUT2D eigenvalue weighted by atomic mass is 32.2. The lowest BCUT2D eigenvalue weighted by atomic mass is 10.3. The van der Waals surface area contributed by atoms with Gasteiger partial charge in [-0.2, -0.15) is 0 Å². The number of hydrogen-bond acceptors (Lipinski definition) is 8. The van der Waals surface area contributed by atoms with Gasteiger partial charge in [-0.25, -0.2) is 9.36 Å². The van der Waals surface area contributed by atoms with Gasteiger partial charge in [0, 0.05) is 11.5 Å². The maximum absolute atomic E-state index is 4.13. The van der Waals surface area contributed by atoms with Gasteiger partial charge in [0.15, 0.2) is 0 Å². The lowest BCUT2D eigenvalue weighted by molar-refractivity contribution is 0.563. The molecule has 0 spiro atoms. The van der Waals surface area contributed by atoms with Gasteiger partial charge in [0.2, 0.25) is 10.3 Å². The van der Waals surface area contributed by atoms with Crippen molar-refractivity contribution in [2.45, 2.75) is 55.0 Å². The second-order valence-electron chi connectivity index (χ2n) is 6.00. The third kappa shape index (κ3) is 3.27. The fourth-order valence-corrected chi connectivity index (χ4v) is 4.22. The van der Waals surface area contributed by atoms with Gasteiger partial charge in [0.05, 0.1) is 12.1 Å². The summed E-state index contributed by atoms with van der Waals surface area (Å²) < 4.78 is 3.94. The number of nitrogens with zero attached hydrogens (tertiary/aromatic N) is 8. The molecule has 2 heterocycles. The molecule has 2 aliphatic carbocycles. The number of hydrogen-bond donors (Lipinski definition) is 0. The zero-order valence-electron chi connectivity index (χ0n) is 12.4. The molecule has 0 aromatic carbocycles. The van der Waals surface area contributed by atoms with Crippen LogP contribution >= 0.6 is 23.5 Å². The van der Waals surface area contributed by atoms with Gasteiger partial charge in [-0.1, -0.05) is 30.4 Å². The summed E-state index contributed by atoms with van der Waals surface area (Å²) in [4.78, 5) is 0. The first-order valence-electron chi connectivity index (χ1n) is 7.62. The summed E-state index contributed by atoms with van der Waals surface area (Å²) in [5.74, 6) is 2.56. The van der Waals surface area contributed by atoms with Crippen LogP contribution in [0.2, 0.25) is 0 Å². The van der Waals surface area contributed by atoms with Crippen LogP contribution < -0.4 is 0 Å². The van der Waals surface area contributed by atoms with Crippen molar-refractivity contribution >= 4 is 23.5 Å². The summed E-state index contributed by atoms with van der Waals surface area (Å²) in [5.41, 5.74) is 0. The number of rotatable bonds is 8. The van der Waals surface area contributed by atoms with Crippen molar-refractivity contribution in [2.75, 3.05) is 11.5 Å². The van der Waals surface area contributed by atoms with E-state index in [0.717, 1.165) is 21.8 Å². The van der Waals surface area contributed by atoms with E-state index in [1.165, 1.54) is 25.7 Å². The number of tetrazole rings is 2. The van der Waals surface area contributed by atoms with Crippen LogP contribution in [0.5, 0.6) is 0 Å². The Hall–Kier alpha value is -1.16. The third-order valence-corrected chi connectivity index (χ3v) is 6.23. The minimum Gasteiger partial charge on any atom is -0.217 e. The Balaban J connectivity index is 1.26. The van der Waals surface area contributed by atoms with E-state index in [4.69, 9.17) is 0 Å². The summed E-state index contributed by atoms with van der Waals surface area (Å²) >= 11 is 3.49. The summed E-state index contributed by atoms with van der Waals surface area (Å²) in [6.45, 7) is 2.25. The molecule has 0 atom stereocenters. The molecule has 118 valence electrons. The average Bonchev–Trinajstić information content (AvgIpc) is 3.46. The second kappa shape index (κ2) is 6.15. The predicted octanol–water partition coefficient (Wildman–Crippen LogP) is 1.85. The fourth-order valence-electron chi connectivity index (χ4n) is 2.14. The van der Waals surface area contributed by atoms with Gasteiger partial charge < -0.3 is 0 Å². The molecule has 2 saturated carbocycles. The maximum Gasteiger partial charge on any atom is 0.209 e. The molecule has 0 aliphatic heterocycles. The van der Waals surface area contributed by atoms with Crippen molar-refractivity contribution in [3.63, 3.8) is 0 Å². The van der Waals surface area contributed by atoms with Crippen LogP contribution in [0.15, 0.2) is 10.3 Å². The second-order valence-corrected chi connectivity index (χ2v) is 7.98. The molecule has 0 saturated heterocycles. The molecule has 0 bridgehead atoms. The smallest absolute Gasteiger partial charge is 0.209 e. The minimum atomic E-state index is 0.533. The first-order valence-corrected chi connectivity index (χ1v) is 9.59. The molecule has 2 aromatic heterocycles. The van der Waals surface area contributed by atoms with Crippen LogP contribution in [-0.2, 0) is 0 Å². The Morgan fingerprint density at radius 3 is 1.77 bits per heavy atom. The molecular weight excluding hydrogens is 320 g/mol. The normalized spacial score (nSPS) is 18.3. The monoisotopic (exact) mass is 338 g/mol. The van der Waals surface area contributed by atoms with Crippen LogP contribution in [0, 0.1) is 5.92 Å². The maximum atomic E-state index is 4.13. The van der Waals surface area contributed by atoms with Gasteiger partial charge in [0.25, 0.3) is 0 Å². The fraction of sp³-hybridized carbons (Fsp3) is 0.833. The molecule has 0 N–H and O–H groups in total. The average molecular weight is 338 g/mol. The Morgan fingerprint density at radius 2 is 1.36 bits per heavy atom. The van der Waals surface area contributed by atoms with Gasteiger partial charge in [0.1, 0.15) is 0 Å². The summed E-state index contributed by atoms with van der Waals surface area (Å²) in [5, 5.41) is 25.9. The molecule has 2 fully saturated rings. The molecule has 8 nitrogen and oxygen atoms in total. The highest BCUT2D eigenvalue weighted by Crippen LogP contribution is 2.38. The topological polar surface area (TPSA) is 87.2 Å². The largest absolute Gasteiger partial charge is 0.217 e. The van der Waals surface area contributed by atoms with E-state index in [1.54, 1.807) is 23.5 Å². The van der Waals surface area contributed by atoms with Gasteiger partial charge >= 0.3 is 0 Å². The van der Waals surface area contributed by atoms with Crippen LogP contribution in [-0.4, -0.2) is 51.9 Å². The van der Waals surface area contributed by atoms with Crippen LogP contribution in [0.4, 0.5) is 0 Å². The number of thioether (sulfide) groups is 2. The van der Waals surface area contributed by atoms with E-state index in [9.17, 15) is 0 Å². The molecule has 2 aromatic rings. The van der Waals surface area contributed by atoms with Crippen molar-refractivity contribution in [1.29, 1.82) is 0 Å². The van der Waals surface area contributed by atoms with Crippen molar-refractivity contribution in [3.8, 4) is 0 Å². The first-order chi connectivity index (χ1) is 10.8. The van der Waals surface area contributed by atoms with E-state index >= 15 is 0 Å². The first kappa shape index (κ1) is 14.4. The highest BCUT2D eigenvalue weighted by molar-refractivity contribution is 8.00. The lowest BCUT2D eigenvalue weighted by Crippen LogP contribution is -2.06.